The third-order valence-electron chi connectivity index (χ3n) is 0.970. The van der Waals surface area contributed by atoms with Gasteiger partial charge in [-0.15, -0.1) is 0 Å². The standard InChI is InChI=1S/C7H13NS/c1-4-9-6-7(2,3)5-8/h4,6H2,1-3H3. The van der Waals surface area contributed by atoms with Crippen molar-refractivity contribution in [3.05, 3.63) is 0 Å². The molecule has 0 atom stereocenters. The second kappa shape index (κ2) is 3.79. The Morgan fingerprint density at radius 3 is 2.44 bits per heavy atom. The summed E-state index contributed by atoms with van der Waals surface area (Å²) in [6, 6.07) is 2.26. The van der Waals surface area contributed by atoms with Gasteiger partial charge in [0.1, 0.15) is 0 Å². The number of nitrogens with zero attached hydrogens (tertiary/aromatic N) is 1. The largest absolute Gasteiger partial charge is 0.198 e. The summed E-state index contributed by atoms with van der Waals surface area (Å²) in [6.07, 6.45) is 0. The number of hydrogen-bond acceptors (Lipinski definition) is 2. The quantitative estimate of drug-likeness (QED) is 0.605. The molecule has 9 heavy (non-hydrogen) atoms. The maximum Gasteiger partial charge on any atom is 0.0692 e. The van der Waals surface area contributed by atoms with Crippen LogP contribution in [0.25, 0.3) is 0 Å². The molecule has 0 radical (unpaired) electrons. The predicted molar refractivity (Wildman–Crippen MR) is 42.4 cm³/mol. The van der Waals surface area contributed by atoms with E-state index >= 15 is 0 Å². The van der Waals surface area contributed by atoms with Gasteiger partial charge in [0.2, 0.25) is 0 Å². The van der Waals surface area contributed by atoms with E-state index in [-0.39, 0.29) is 5.41 Å². The molecule has 1 nitrogen and oxygen atoms in total. The molecule has 0 heterocycles. The Balaban J connectivity index is 3.49. The van der Waals surface area contributed by atoms with Crippen molar-refractivity contribution in [3.8, 4) is 6.07 Å². The van der Waals surface area contributed by atoms with Crippen molar-refractivity contribution in [1.29, 1.82) is 5.26 Å². The van der Waals surface area contributed by atoms with Crippen LogP contribution in [0.4, 0.5) is 0 Å². The van der Waals surface area contributed by atoms with Crippen molar-refractivity contribution >= 4 is 11.8 Å². The van der Waals surface area contributed by atoms with Crippen LogP contribution in [0.2, 0.25) is 0 Å². The SMILES string of the molecule is CCSCC(C)(C)C#N. The lowest BCUT2D eigenvalue weighted by Gasteiger charge is -2.12. The molecule has 0 fully saturated rings. The highest BCUT2D eigenvalue weighted by Crippen LogP contribution is 2.19. The number of thioether (sulfide) groups is 1. The Morgan fingerprint density at radius 2 is 2.11 bits per heavy atom. The van der Waals surface area contributed by atoms with Crippen LogP contribution in [0.15, 0.2) is 0 Å². The fraction of sp³-hybridized carbons (Fsp3) is 0.857. The summed E-state index contributed by atoms with van der Waals surface area (Å²) in [7, 11) is 0. The molecule has 0 spiro atoms. The summed E-state index contributed by atoms with van der Waals surface area (Å²) in [4.78, 5) is 0. The molecule has 0 aromatic carbocycles. The van der Waals surface area contributed by atoms with E-state index in [2.05, 4.69) is 13.0 Å². The van der Waals surface area contributed by atoms with Crippen LogP contribution in [0.3, 0.4) is 0 Å². The second-order valence-electron chi connectivity index (χ2n) is 2.63. The third kappa shape index (κ3) is 4.35. The smallest absolute Gasteiger partial charge is 0.0692 e. The first-order valence-corrected chi connectivity index (χ1v) is 4.27. The van der Waals surface area contributed by atoms with E-state index < -0.39 is 0 Å². The topological polar surface area (TPSA) is 23.8 Å². The molecule has 2 heteroatoms. The van der Waals surface area contributed by atoms with E-state index in [9.17, 15) is 0 Å². The molecule has 0 saturated carbocycles. The maximum absolute atomic E-state index is 8.56. The highest BCUT2D eigenvalue weighted by atomic mass is 32.2. The molecule has 0 rings (SSSR count). The van der Waals surface area contributed by atoms with Gasteiger partial charge >= 0.3 is 0 Å². The Labute approximate surface area is 61.4 Å². The Hall–Kier alpha value is -0.160. The Morgan fingerprint density at radius 1 is 1.56 bits per heavy atom. The zero-order valence-corrected chi connectivity index (χ0v) is 7.09. The average molecular weight is 143 g/mol. The van der Waals surface area contributed by atoms with Gasteiger partial charge in [-0.05, 0) is 19.6 Å². The van der Waals surface area contributed by atoms with E-state index in [4.69, 9.17) is 5.26 Å². The molecule has 0 amide bonds. The molecule has 52 valence electrons. The van der Waals surface area contributed by atoms with E-state index in [0.29, 0.717) is 0 Å². The molecule has 0 aromatic heterocycles. The van der Waals surface area contributed by atoms with Gasteiger partial charge in [0, 0.05) is 5.75 Å². The van der Waals surface area contributed by atoms with Gasteiger partial charge in [0.25, 0.3) is 0 Å². The van der Waals surface area contributed by atoms with Gasteiger partial charge in [-0.2, -0.15) is 17.0 Å². The zero-order valence-electron chi connectivity index (χ0n) is 6.27. The highest BCUT2D eigenvalue weighted by Gasteiger charge is 2.14. The molecule has 0 bridgehead atoms. The third-order valence-corrected chi connectivity index (χ3v) is 2.30. The van der Waals surface area contributed by atoms with Crippen molar-refractivity contribution in [3.63, 3.8) is 0 Å². The van der Waals surface area contributed by atoms with Crippen LogP contribution in [-0.2, 0) is 0 Å². The van der Waals surface area contributed by atoms with Crippen molar-refractivity contribution in [2.24, 2.45) is 5.41 Å². The molecule has 0 unspecified atom stereocenters. The minimum Gasteiger partial charge on any atom is -0.198 e. The van der Waals surface area contributed by atoms with Crippen molar-refractivity contribution in [1.82, 2.24) is 0 Å². The molecular formula is C7H13NS. The van der Waals surface area contributed by atoms with Gasteiger partial charge in [0.05, 0.1) is 11.5 Å². The average Bonchev–Trinajstić information content (AvgIpc) is 1.84. The summed E-state index contributed by atoms with van der Waals surface area (Å²) in [6.45, 7) is 6.05. The Kier molecular flexibility index (Phi) is 3.72. The van der Waals surface area contributed by atoms with Crippen LogP contribution in [0, 0.1) is 16.7 Å². The number of rotatable bonds is 3. The highest BCUT2D eigenvalue weighted by molar-refractivity contribution is 7.99. The molecule has 0 aliphatic rings. The maximum atomic E-state index is 8.56. The lowest BCUT2D eigenvalue weighted by atomic mass is 10.00. The van der Waals surface area contributed by atoms with Crippen LogP contribution >= 0.6 is 11.8 Å². The second-order valence-corrected chi connectivity index (χ2v) is 3.91. The van der Waals surface area contributed by atoms with Crippen molar-refractivity contribution in [2.45, 2.75) is 20.8 Å². The first kappa shape index (κ1) is 8.84. The fourth-order valence-corrected chi connectivity index (χ4v) is 1.17. The van der Waals surface area contributed by atoms with Crippen molar-refractivity contribution in [2.75, 3.05) is 11.5 Å². The summed E-state index contributed by atoms with van der Waals surface area (Å²) in [5, 5.41) is 8.56. The summed E-state index contributed by atoms with van der Waals surface area (Å²) in [5.74, 6) is 2.05. The van der Waals surface area contributed by atoms with Crippen LogP contribution in [0.1, 0.15) is 20.8 Å². The zero-order chi connectivity index (χ0) is 7.33. The lowest BCUT2D eigenvalue weighted by Crippen LogP contribution is -2.10. The first-order chi connectivity index (χ1) is 4.12. The van der Waals surface area contributed by atoms with Gasteiger partial charge in [0.15, 0.2) is 0 Å². The molecule has 0 N–H and O–H groups in total. The monoisotopic (exact) mass is 143 g/mol. The predicted octanol–water partition coefficient (Wildman–Crippen LogP) is 2.29. The molecule has 0 saturated heterocycles. The van der Waals surface area contributed by atoms with Gasteiger partial charge < -0.3 is 0 Å². The van der Waals surface area contributed by atoms with Gasteiger partial charge in [-0.1, -0.05) is 6.92 Å². The minimum atomic E-state index is -0.138. The summed E-state index contributed by atoms with van der Waals surface area (Å²) in [5.41, 5.74) is -0.138. The first-order valence-electron chi connectivity index (χ1n) is 3.11. The molecule has 0 aliphatic carbocycles. The van der Waals surface area contributed by atoms with Crippen LogP contribution < -0.4 is 0 Å². The molecule has 0 aromatic rings. The lowest BCUT2D eigenvalue weighted by molar-refractivity contribution is 0.574. The van der Waals surface area contributed by atoms with Crippen molar-refractivity contribution < 1.29 is 0 Å². The fourth-order valence-electron chi connectivity index (χ4n) is 0.389. The van der Waals surface area contributed by atoms with Gasteiger partial charge in [-0.3, -0.25) is 0 Å². The van der Waals surface area contributed by atoms with E-state index in [1.165, 1.54) is 0 Å². The van der Waals surface area contributed by atoms with Gasteiger partial charge in [-0.25, -0.2) is 0 Å². The minimum absolute atomic E-state index is 0.138. The number of nitriles is 1. The van der Waals surface area contributed by atoms with E-state index in [1.807, 2.05) is 25.6 Å². The van der Waals surface area contributed by atoms with Crippen LogP contribution in [0.5, 0.6) is 0 Å². The summed E-state index contributed by atoms with van der Waals surface area (Å²) >= 11 is 1.82. The normalized spacial score (nSPS) is 10.9. The molecular weight excluding hydrogens is 130 g/mol. The molecule has 0 aliphatic heterocycles. The van der Waals surface area contributed by atoms with E-state index in [0.717, 1.165) is 11.5 Å². The van der Waals surface area contributed by atoms with Crippen LogP contribution in [-0.4, -0.2) is 11.5 Å². The Bertz CT molecular complexity index is 113. The van der Waals surface area contributed by atoms with E-state index in [1.54, 1.807) is 0 Å². The number of hydrogen-bond donors (Lipinski definition) is 0. The summed E-state index contributed by atoms with van der Waals surface area (Å²) < 4.78 is 0.